The van der Waals surface area contributed by atoms with E-state index in [4.69, 9.17) is 0 Å². The van der Waals surface area contributed by atoms with Crippen LogP contribution in [0.5, 0.6) is 0 Å². The second-order valence-corrected chi connectivity index (χ2v) is 8.94. The van der Waals surface area contributed by atoms with E-state index in [2.05, 4.69) is 26.5 Å². The lowest BCUT2D eigenvalue weighted by Crippen LogP contribution is -2.39. The van der Waals surface area contributed by atoms with Gasteiger partial charge in [0.1, 0.15) is 6.54 Å². The lowest BCUT2D eigenvalue weighted by molar-refractivity contribution is -0.119. The van der Waals surface area contributed by atoms with E-state index in [1.165, 1.54) is 6.21 Å². The maximum Gasteiger partial charge on any atom is 0.260 e. The molecule has 0 aliphatic heterocycles. The van der Waals surface area contributed by atoms with Gasteiger partial charge in [-0.1, -0.05) is 64.5 Å². The van der Waals surface area contributed by atoms with Crippen LogP contribution in [0.3, 0.4) is 0 Å². The Morgan fingerprint density at radius 3 is 2.57 bits per heavy atom. The number of hydrogen-bond donors (Lipinski definition) is 1. The van der Waals surface area contributed by atoms with Crippen LogP contribution in [-0.2, 0) is 14.8 Å². The molecule has 0 heterocycles. The molecule has 0 aliphatic carbocycles. The van der Waals surface area contributed by atoms with Crippen molar-refractivity contribution in [1.29, 1.82) is 0 Å². The highest BCUT2D eigenvalue weighted by Gasteiger charge is 2.22. The van der Waals surface area contributed by atoms with Crippen LogP contribution < -0.4 is 9.73 Å². The van der Waals surface area contributed by atoms with Crippen LogP contribution in [0.4, 0.5) is 5.69 Å². The minimum atomic E-state index is -3.67. The molecule has 8 heteroatoms. The summed E-state index contributed by atoms with van der Waals surface area (Å²) in [5.74, 6) is -0.537. The van der Waals surface area contributed by atoms with Gasteiger partial charge in [0.05, 0.1) is 18.2 Å². The van der Waals surface area contributed by atoms with Gasteiger partial charge in [-0.25, -0.2) is 13.8 Å². The molecular weight excluding hydrogens is 442 g/mol. The first-order valence-electron chi connectivity index (χ1n) is 8.37. The lowest BCUT2D eigenvalue weighted by Gasteiger charge is -2.23. The topological polar surface area (TPSA) is 78.8 Å². The molecule has 0 radical (unpaired) electrons. The molecular formula is C20H18BrN3O3S. The summed E-state index contributed by atoms with van der Waals surface area (Å²) in [4.78, 5) is 12.3. The van der Waals surface area contributed by atoms with Crippen molar-refractivity contribution in [1.82, 2.24) is 5.43 Å². The first-order valence-corrected chi connectivity index (χ1v) is 11.0. The minimum Gasteiger partial charge on any atom is -0.271 e. The quantitative estimate of drug-likeness (QED) is 0.452. The average Bonchev–Trinajstić information content (AvgIpc) is 2.65. The number of anilines is 1. The van der Waals surface area contributed by atoms with Crippen LogP contribution >= 0.6 is 15.9 Å². The third-order valence-electron chi connectivity index (χ3n) is 3.97. The molecule has 1 N–H and O–H groups in total. The van der Waals surface area contributed by atoms with E-state index in [0.717, 1.165) is 31.4 Å². The van der Waals surface area contributed by atoms with Crippen molar-refractivity contribution in [2.45, 2.75) is 0 Å². The van der Waals surface area contributed by atoms with E-state index in [1.807, 2.05) is 54.6 Å². The summed E-state index contributed by atoms with van der Waals surface area (Å²) in [5, 5.41) is 5.55. The fraction of sp³-hybridized carbons (Fsp3) is 0.100. The highest BCUT2D eigenvalue weighted by molar-refractivity contribution is 9.10. The highest BCUT2D eigenvalue weighted by Crippen LogP contribution is 2.28. The Kier molecular flexibility index (Phi) is 6.11. The summed E-state index contributed by atoms with van der Waals surface area (Å²) in [6, 6.07) is 20.2. The molecule has 0 aliphatic rings. The molecule has 28 heavy (non-hydrogen) atoms. The van der Waals surface area contributed by atoms with Crippen molar-refractivity contribution in [2.75, 3.05) is 17.1 Å². The number of sulfonamides is 1. The number of nitrogens with one attached hydrogen (secondary N) is 1. The number of rotatable bonds is 6. The number of amides is 1. The molecule has 1 amide bonds. The Balaban J connectivity index is 1.81. The van der Waals surface area contributed by atoms with Gasteiger partial charge in [-0.15, -0.1) is 0 Å². The number of carbonyl (C=O) groups is 1. The predicted octanol–water partition coefficient (Wildman–Crippen LogP) is 3.52. The third kappa shape index (κ3) is 4.96. The number of halogens is 1. The van der Waals surface area contributed by atoms with Gasteiger partial charge >= 0.3 is 0 Å². The van der Waals surface area contributed by atoms with Crippen LogP contribution in [0.2, 0.25) is 0 Å². The molecule has 0 spiro atoms. The van der Waals surface area contributed by atoms with Crippen LogP contribution in [0.1, 0.15) is 5.56 Å². The van der Waals surface area contributed by atoms with Crippen molar-refractivity contribution in [3.63, 3.8) is 0 Å². The van der Waals surface area contributed by atoms with Crippen LogP contribution in [0.25, 0.3) is 10.8 Å². The Morgan fingerprint density at radius 1 is 1.11 bits per heavy atom. The van der Waals surface area contributed by atoms with Crippen molar-refractivity contribution >= 4 is 54.5 Å². The summed E-state index contributed by atoms with van der Waals surface area (Å²) >= 11 is 3.36. The van der Waals surface area contributed by atoms with Crippen molar-refractivity contribution in [3.8, 4) is 0 Å². The third-order valence-corrected chi connectivity index (χ3v) is 5.59. The molecule has 3 aromatic carbocycles. The van der Waals surface area contributed by atoms with Gasteiger partial charge in [-0.05, 0) is 29.1 Å². The molecule has 3 rings (SSSR count). The van der Waals surface area contributed by atoms with Crippen LogP contribution in [0.15, 0.2) is 76.3 Å². The maximum absolute atomic E-state index is 12.3. The summed E-state index contributed by atoms with van der Waals surface area (Å²) in [6.07, 6.45) is 2.57. The molecule has 3 aromatic rings. The second-order valence-electron chi connectivity index (χ2n) is 6.12. The maximum atomic E-state index is 12.3. The number of hydrazone groups is 1. The Hall–Kier alpha value is -2.71. The van der Waals surface area contributed by atoms with Gasteiger partial charge < -0.3 is 0 Å². The Labute approximate surface area is 172 Å². The minimum absolute atomic E-state index is 0.372. The standard InChI is InChI=1S/C20H18BrN3O3S/c1-28(26,27)24(19-11-5-8-16-7-2-3-10-18(16)19)14-20(25)23-22-13-15-6-4-9-17(21)12-15/h2-13H,14H2,1H3,(H,23,25)/b22-13-. The fourth-order valence-corrected chi connectivity index (χ4v) is 4.02. The zero-order valence-corrected chi connectivity index (χ0v) is 17.4. The number of benzene rings is 3. The Morgan fingerprint density at radius 2 is 1.82 bits per heavy atom. The fourth-order valence-electron chi connectivity index (χ4n) is 2.74. The van der Waals surface area contributed by atoms with E-state index < -0.39 is 15.9 Å². The first-order chi connectivity index (χ1) is 13.3. The van der Waals surface area contributed by atoms with E-state index in [9.17, 15) is 13.2 Å². The second kappa shape index (κ2) is 8.53. The van der Waals surface area contributed by atoms with Gasteiger partial charge in [0.25, 0.3) is 5.91 Å². The normalized spacial score (nSPS) is 11.6. The monoisotopic (exact) mass is 459 g/mol. The number of nitrogens with zero attached hydrogens (tertiary/aromatic N) is 2. The van der Waals surface area contributed by atoms with Crippen molar-refractivity contribution in [2.24, 2.45) is 5.10 Å². The highest BCUT2D eigenvalue weighted by atomic mass is 79.9. The van der Waals surface area contributed by atoms with Gasteiger partial charge in [0, 0.05) is 9.86 Å². The van der Waals surface area contributed by atoms with E-state index >= 15 is 0 Å². The number of hydrogen-bond acceptors (Lipinski definition) is 4. The lowest BCUT2D eigenvalue weighted by atomic mass is 10.1. The zero-order valence-electron chi connectivity index (χ0n) is 15.0. The molecule has 0 unspecified atom stereocenters. The average molecular weight is 460 g/mol. The number of carbonyl (C=O) groups excluding carboxylic acids is 1. The van der Waals surface area contributed by atoms with Crippen molar-refractivity contribution in [3.05, 3.63) is 76.8 Å². The summed E-state index contributed by atoms with van der Waals surface area (Å²) < 4.78 is 26.7. The van der Waals surface area contributed by atoms with Gasteiger partial charge in [0.15, 0.2) is 0 Å². The smallest absolute Gasteiger partial charge is 0.260 e. The first kappa shape index (κ1) is 20.0. The summed E-state index contributed by atoms with van der Waals surface area (Å²) in [5.41, 5.74) is 3.63. The molecule has 144 valence electrons. The van der Waals surface area contributed by atoms with E-state index in [1.54, 1.807) is 12.1 Å². The molecule has 0 fully saturated rings. The Bertz CT molecular complexity index is 1140. The molecule has 0 aromatic heterocycles. The molecule has 0 saturated heterocycles. The van der Waals surface area contributed by atoms with E-state index in [0.29, 0.717) is 5.69 Å². The molecule has 0 saturated carbocycles. The molecule has 0 atom stereocenters. The largest absolute Gasteiger partial charge is 0.271 e. The predicted molar refractivity (Wildman–Crippen MR) is 116 cm³/mol. The van der Waals surface area contributed by atoms with Gasteiger partial charge in [-0.2, -0.15) is 5.10 Å². The number of fused-ring (bicyclic) bond motifs is 1. The van der Waals surface area contributed by atoms with E-state index in [-0.39, 0.29) is 6.54 Å². The summed E-state index contributed by atoms with van der Waals surface area (Å²) in [6.45, 7) is -0.372. The SMILES string of the molecule is CS(=O)(=O)N(CC(=O)N/N=C\c1cccc(Br)c1)c1cccc2ccccc12. The van der Waals surface area contributed by atoms with Gasteiger partial charge in [0.2, 0.25) is 10.0 Å². The van der Waals surface area contributed by atoms with Crippen LogP contribution in [0, 0.1) is 0 Å². The van der Waals surface area contributed by atoms with Crippen LogP contribution in [-0.4, -0.2) is 33.3 Å². The van der Waals surface area contributed by atoms with Gasteiger partial charge in [-0.3, -0.25) is 9.10 Å². The zero-order chi connectivity index (χ0) is 20.1. The summed E-state index contributed by atoms with van der Waals surface area (Å²) in [7, 11) is -3.67. The van der Waals surface area contributed by atoms with Crippen molar-refractivity contribution < 1.29 is 13.2 Å². The molecule has 6 nitrogen and oxygen atoms in total. The molecule has 0 bridgehead atoms.